The van der Waals surface area contributed by atoms with E-state index in [0.717, 1.165) is 24.0 Å². The fourth-order valence-electron chi connectivity index (χ4n) is 5.68. The Morgan fingerprint density at radius 3 is 1.96 bits per heavy atom. The molecule has 1 amide bonds. The first-order chi connectivity index (χ1) is 22.4. The Bertz CT molecular complexity index is 954. The topological polar surface area (TPSA) is 57.7 Å². The minimum absolute atomic E-state index is 0.110. The van der Waals surface area contributed by atoms with Crippen LogP contribution in [0.5, 0.6) is 0 Å². The van der Waals surface area contributed by atoms with E-state index < -0.39 is 0 Å². The molecule has 46 heavy (non-hydrogen) atoms. The monoisotopic (exact) mass is 657 g/mol. The van der Waals surface area contributed by atoms with Crippen LogP contribution in [0.3, 0.4) is 0 Å². The maximum atomic E-state index is 11.6. The van der Waals surface area contributed by atoms with Crippen LogP contribution in [0.15, 0.2) is 54.3 Å². The molecule has 0 saturated heterocycles. The zero-order valence-electron chi connectivity index (χ0n) is 30.3. The molecule has 0 aliphatic heterocycles. The first-order valence-corrected chi connectivity index (χ1v) is 19.4. The van der Waals surface area contributed by atoms with Crippen molar-refractivity contribution >= 4 is 30.3 Å². The number of rotatable bonds is 30. The number of nitrogens with one attached hydrogen (secondary N) is 2. The van der Waals surface area contributed by atoms with Gasteiger partial charge in [0.2, 0.25) is 5.91 Å². The SMILES string of the molecule is C/C=C(\C=C/[NH2+]CCCC(=O)NCCS)/C=C/c1ccc(NCCC[N+](C)(C)CCCCCCCCCCCCCCCC)cc1. The van der Waals surface area contributed by atoms with Crippen LogP contribution in [0, 0.1) is 0 Å². The van der Waals surface area contributed by atoms with Crippen molar-refractivity contribution in [3.8, 4) is 0 Å². The van der Waals surface area contributed by atoms with E-state index in [2.05, 4.69) is 111 Å². The lowest BCUT2D eigenvalue weighted by Gasteiger charge is -2.30. The first kappa shape index (κ1) is 42.0. The second kappa shape index (κ2) is 29.1. The van der Waals surface area contributed by atoms with Crippen LogP contribution in [0.4, 0.5) is 5.69 Å². The molecule has 0 fully saturated rings. The molecule has 0 heterocycles. The lowest BCUT2D eigenvalue weighted by Crippen LogP contribution is -2.78. The van der Waals surface area contributed by atoms with Gasteiger partial charge in [0.05, 0.1) is 39.9 Å². The number of hydrogen-bond donors (Lipinski definition) is 4. The lowest BCUT2D eigenvalue weighted by atomic mass is 10.0. The van der Waals surface area contributed by atoms with Crippen molar-refractivity contribution in [3.05, 3.63) is 59.8 Å². The maximum Gasteiger partial charge on any atom is 0.220 e. The molecular formula is C40H72N4OS+2. The number of carbonyl (C=O) groups is 1. The van der Waals surface area contributed by atoms with Gasteiger partial charge in [-0.25, -0.2) is 0 Å². The molecular weight excluding hydrogens is 585 g/mol. The van der Waals surface area contributed by atoms with Gasteiger partial charge in [-0.2, -0.15) is 12.6 Å². The number of unbranched alkanes of at least 4 members (excludes halogenated alkanes) is 13. The third kappa shape index (κ3) is 25.1. The van der Waals surface area contributed by atoms with Crippen molar-refractivity contribution in [2.45, 2.75) is 123 Å². The summed E-state index contributed by atoms with van der Waals surface area (Å²) in [7, 11) is 4.78. The van der Waals surface area contributed by atoms with Gasteiger partial charge in [0.25, 0.3) is 0 Å². The van der Waals surface area contributed by atoms with E-state index in [9.17, 15) is 4.79 Å². The predicted molar refractivity (Wildman–Crippen MR) is 207 cm³/mol. The van der Waals surface area contributed by atoms with E-state index >= 15 is 0 Å². The Labute approximate surface area is 290 Å². The fraction of sp³-hybridized carbons (Fsp3) is 0.675. The third-order valence-corrected chi connectivity index (χ3v) is 8.96. The standard InChI is InChI=1S/C40H70N4OS/c1-5-7-8-9-10-11-12-13-14-15-16-17-18-19-34-44(3,4)35-21-31-42-39-27-25-38(26-28-39)24-23-37(6-2)29-32-41-30-20-22-40(45)43-33-36-46/h6,23-29,32,41-42H,5,7-22,30-31,33-36H2,1-4H3,(H-,43,45,46)/p+2/b24-23+,32-29-,37-6-. The predicted octanol–water partition coefficient (Wildman–Crippen LogP) is 8.91. The van der Waals surface area contributed by atoms with Gasteiger partial charge >= 0.3 is 0 Å². The lowest BCUT2D eigenvalue weighted by molar-refractivity contribution is -0.890. The largest absolute Gasteiger partial charge is 0.385 e. The second-order valence-electron chi connectivity index (χ2n) is 13.6. The number of anilines is 1. The van der Waals surface area contributed by atoms with Crippen molar-refractivity contribution in [1.82, 2.24) is 5.32 Å². The van der Waals surface area contributed by atoms with E-state index in [1.807, 2.05) is 0 Å². The van der Waals surface area contributed by atoms with E-state index in [0.29, 0.717) is 18.7 Å². The van der Waals surface area contributed by atoms with Crippen LogP contribution in [0.25, 0.3) is 6.08 Å². The van der Waals surface area contributed by atoms with Crippen molar-refractivity contribution in [2.75, 3.05) is 57.9 Å². The number of thiol groups is 1. The molecule has 262 valence electrons. The molecule has 0 saturated carbocycles. The summed E-state index contributed by atoms with van der Waals surface area (Å²) in [4.78, 5) is 11.6. The van der Waals surface area contributed by atoms with Crippen LogP contribution in [-0.2, 0) is 4.79 Å². The van der Waals surface area contributed by atoms with Crippen LogP contribution in [-0.4, -0.2) is 63.0 Å². The number of allylic oxidation sites excluding steroid dienone is 4. The number of nitrogens with zero attached hydrogens (tertiary/aromatic N) is 1. The number of nitrogens with two attached hydrogens (primary N) is 1. The minimum atomic E-state index is 0.110. The normalized spacial score (nSPS) is 12.4. The van der Waals surface area contributed by atoms with E-state index in [1.165, 1.54) is 126 Å². The van der Waals surface area contributed by atoms with Crippen molar-refractivity contribution in [1.29, 1.82) is 0 Å². The summed E-state index contributed by atoms with van der Waals surface area (Å²) < 4.78 is 1.12. The van der Waals surface area contributed by atoms with Gasteiger partial charge in [-0.1, -0.05) is 114 Å². The van der Waals surface area contributed by atoms with Crippen LogP contribution in [0.1, 0.15) is 129 Å². The molecule has 0 unspecified atom stereocenters. The summed E-state index contributed by atoms with van der Waals surface area (Å²) in [5.74, 6) is 0.789. The Morgan fingerprint density at radius 1 is 0.783 bits per heavy atom. The number of quaternary nitrogens is 2. The molecule has 0 aromatic heterocycles. The second-order valence-corrected chi connectivity index (χ2v) is 14.0. The molecule has 5 nitrogen and oxygen atoms in total. The van der Waals surface area contributed by atoms with Gasteiger partial charge < -0.3 is 20.4 Å². The molecule has 0 spiro atoms. The summed E-state index contributed by atoms with van der Waals surface area (Å²) in [6.07, 6.45) is 33.2. The minimum Gasteiger partial charge on any atom is -0.385 e. The Kier molecular flexibility index (Phi) is 26.6. The smallest absolute Gasteiger partial charge is 0.220 e. The first-order valence-electron chi connectivity index (χ1n) is 18.8. The van der Waals surface area contributed by atoms with E-state index in [4.69, 9.17) is 0 Å². The molecule has 4 N–H and O–H groups in total. The molecule has 1 rings (SSSR count). The number of benzene rings is 1. The molecule has 0 aliphatic rings. The van der Waals surface area contributed by atoms with Crippen LogP contribution < -0.4 is 16.0 Å². The summed E-state index contributed by atoms with van der Waals surface area (Å²) in [6, 6.07) is 8.71. The summed E-state index contributed by atoms with van der Waals surface area (Å²) in [5, 5.41) is 8.60. The average Bonchev–Trinajstić information content (AvgIpc) is 3.05. The quantitative estimate of drug-likeness (QED) is 0.0289. The molecule has 0 aliphatic carbocycles. The van der Waals surface area contributed by atoms with Crippen LogP contribution in [0.2, 0.25) is 0 Å². The van der Waals surface area contributed by atoms with Gasteiger partial charge in [-0.05, 0) is 49.1 Å². The molecule has 6 heteroatoms. The third-order valence-electron chi connectivity index (χ3n) is 8.73. The fourth-order valence-corrected chi connectivity index (χ4v) is 5.79. The Hall–Kier alpha value is -2.02. The van der Waals surface area contributed by atoms with Crippen molar-refractivity contribution < 1.29 is 14.6 Å². The van der Waals surface area contributed by atoms with Crippen LogP contribution >= 0.6 is 12.6 Å². The summed E-state index contributed by atoms with van der Waals surface area (Å²) in [5.41, 5.74) is 3.55. The number of hydrogen-bond acceptors (Lipinski definition) is 3. The molecule has 1 aromatic rings. The number of carbonyl (C=O) groups excluding carboxylic acids is 1. The molecule has 0 bridgehead atoms. The highest BCUT2D eigenvalue weighted by molar-refractivity contribution is 7.80. The summed E-state index contributed by atoms with van der Waals surface area (Å²) in [6.45, 7) is 9.41. The highest BCUT2D eigenvalue weighted by Gasteiger charge is 2.13. The van der Waals surface area contributed by atoms with Gasteiger partial charge in [0, 0.05) is 43.8 Å². The van der Waals surface area contributed by atoms with Crippen molar-refractivity contribution in [2.24, 2.45) is 0 Å². The Morgan fingerprint density at radius 2 is 1.37 bits per heavy atom. The number of amides is 1. The van der Waals surface area contributed by atoms with Gasteiger partial charge in [-0.15, -0.1) is 0 Å². The zero-order valence-corrected chi connectivity index (χ0v) is 31.2. The van der Waals surface area contributed by atoms with E-state index in [1.54, 1.807) is 0 Å². The average molecular weight is 657 g/mol. The molecule has 0 atom stereocenters. The molecule has 0 radical (unpaired) electrons. The Balaban J connectivity index is 2.12. The van der Waals surface area contributed by atoms with Gasteiger partial charge in [0.15, 0.2) is 0 Å². The van der Waals surface area contributed by atoms with E-state index in [-0.39, 0.29) is 5.91 Å². The van der Waals surface area contributed by atoms with Gasteiger partial charge in [0.1, 0.15) is 0 Å². The highest BCUT2D eigenvalue weighted by atomic mass is 32.1. The van der Waals surface area contributed by atoms with Crippen molar-refractivity contribution in [3.63, 3.8) is 0 Å². The highest BCUT2D eigenvalue weighted by Crippen LogP contribution is 2.15. The van der Waals surface area contributed by atoms with Gasteiger partial charge in [-0.3, -0.25) is 4.79 Å². The maximum absolute atomic E-state index is 11.6. The molecule has 1 aromatic carbocycles. The zero-order chi connectivity index (χ0) is 33.6. The summed E-state index contributed by atoms with van der Waals surface area (Å²) >= 11 is 4.11.